The monoisotopic (exact) mass is 354 g/mol. The zero-order valence-electron chi connectivity index (χ0n) is 16.4. The highest BCUT2D eigenvalue weighted by Gasteiger charge is 2.09. The van der Waals surface area contributed by atoms with Gasteiger partial charge in [0.15, 0.2) is 0 Å². The number of esters is 2. The molecule has 0 aliphatic heterocycles. The normalized spacial score (nSPS) is 11.8. The average Bonchev–Trinajstić information content (AvgIpc) is 2.57. The van der Waals surface area contributed by atoms with Crippen molar-refractivity contribution in [2.45, 2.75) is 103 Å². The van der Waals surface area contributed by atoms with Gasteiger partial charge in [-0.15, -0.1) is 6.58 Å². The summed E-state index contributed by atoms with van der Waals surface area (Å²) in [4.78, 5) is 23.2. The van der Waals surface area contributed by atoms with Crippen LogP contribution in [0.15, 0.2) is 12.7 Å². The van der Waals surface area contributed by atoms with Gasteiger partial charge in [0.2, 0.25) is 0 Å². The molecule has 0 aromatic carbocycles. The van der Waals surface area contributed by atoms with Gasteiger partial charge in [0.1, 0.15) is 6.10 Å². The molecule has 0 N–H and O–H groups in total. The van der Waals surface area contributed by atoms with E-state index in [1.807, 2.05) is 6.92 Å². The minimum absolute atomic E-state index is 0.124. The first-order chi connectivity index (χ1) is 12.1. The molecule has 146 valence electrons. The maximum Gasteiger partial charge on any atom is 0.306 e. The number of carbonyl (C=O) groups excluding carboxylic acids is 2. The summed E-state index contributed by atoms with van der Waals surface area (Å²) in [5.74, 6) is -0.363. The summed E-state index contributed by atoms with van der Waals surface area (Å²) in [6, 6.07) is 0. The third-order valence-corrected chi connectivity index (χ3v) is 4.10. The molecule has 0 aliphatic carbocycles. The van der Waals surface area contributed by atoms with Crippen molar-refractivity contribution in [2.24, 2.45) is 0 Å². The molecule has 0 bridgehead atoms. The summed E-state index contributed by atoms with van der Waals surface area (Å²) < 4.78 is 10.4. The standard InChI is InChI=1S/C21H38O4/c1-4-6-7-8-9-10-11-14-18-24-20(22)16-12-13-17-21(23)25-19(3)15-5-2/h5,19H,2,4,6-18H2,1,3H3. The van der Waals surface area contributed by atoms with E-state index < -0.39 is 0 Å². The van der Waals surface area contributed by atoms with Crippen LogP contribution >= 0.6 is 0 Å². The van der Waals surface area contributed by atoms with Crippen molar-refractivity contribution in [1.82, 2.24) is 0 Å². The Bertz CT molecular complexity index is 352. The number of rotatable bonds is 17. The van der Waals surface area contributed by atoms with Crippen LogP contribution in [0.4, 0.5) is 0 Å². The van der Waals surface area contributed by atoms with Crippen LogP contribution in [0.25, 0.3) is 0 Å². The molecular formula is C21H38O4. The van der Waals surface area contributed by atoms with Gasteiger partial charge < -0.3 is 9.47 Å². The highest BCUT2D eigenvalue weighted by molar-refractivity contribution is 5.70. The van der Waals surface area contributed by atoms with Gasteiger partial charge in [-0.3, -0.25) is 9.59 Å². The Hall–Kier alpha value is -1.32. The molecule has 0 aromatic rings. The average molecular weight is 355 g/mol. The molecule has 0 saturated heterocycles. The van der Waals surface area contributed by atoms with Gasteiger partial charge in [-0.1, -0.05) is 57.9 Å². The van der Waals surface area contributed by atoms with Gasteiger partial charge in [-0.25, -0.2) is 0 Å². The first-order valence-electron chi connectivity index (χ1n) is 10.1. The fourth-order valence-corrected chi connectivity index (χ4v) is 2.60. The Morgan fingerprint density at radius 3 is 2.04 bits per heavy atom. The number of hydrogen-bond acceptors (Lipinski definition) is 4. The van der Waals surface area contributed by atoms with Crippen LogP contribution in [0.1, 0.15) is 97.3 Å². The Morgan fingerprint density at radius 2 is 1.44 bits per heavy atom. The van der Waals surface area contributed by atoms with Gasteiger partial charge in [-0.05, 0) is 26.2 Å². The second-order valence-electron chi connectivity index (χ2n) is 6.73. The highest BCUT2D eigenvalue weighted by Crippen LogP contribution is 2.09. The van der Waals surface area contributed by atoms with Crippen molar-refractivity contribution in [3.63, 3.8) is 0 Å². The molecule has 4 nitrogen and oxygen atoms in total. The molecule has 0 aliphatic rings. The van der Waals surface area contributed by atoms with E-state index in [-0.39, 0.29) is 18.0 Å². The molecule has 0 radical (unpaired) electrons. The molecule has 1 atom stereocenters. The number of ether oxygens (including phenoxy) is 2. The maximum absolute atomic E-state index is 11.6. The van der Waals surface area contributed by atoms with E-state index in [0.717, 1.165) is 12.8 Å². The predicted octanol–water partition coefficient (Wildman–Crippen LogP) is 5.74. The quantitative estimate of drug-likeness (QED) is 0.190. The predicted molar refractivity (Wildman–Crippen MR) is 102 cm³/mol. The summed E-state index contributed by atoms with van der Waals surface area (Å²) in [5.41, 5.74) is 0. The van der Waals surface area contributed by atoms with Crippen LogP contribution < -0.4 is 0 Å². The van der Waals surface area contributed by atoms with Gasteiger partial charge >= 0.3 is 11.9 Å². The lowest BCUT2D eigenvalue weighted by Gasteiger charge is -2.10. The van der Waals surface area contributed by atoms with E-state index in [2.05, 4.69) is 13.5 Å². The Kier molecular flexibility index (Phi) is 16.6. The summed E-state index contributed by atoms with van der Waals surface area (Å²) in [7, 11) is 0. The van der Waals surface area contributed by atoms with Crippen molar-refractivity contribution in [3.05, 3.63) is 12.7 Å². The minimum Gasteiger partial charge on any atom is -0.466 e. The number of hydrogen-bond donors (Lipinski definition) is 0. The summed E-state index contributed by atoms with van der Waals surface area (Å²) in [6.45, 7) is 8.21. The van der Waals surface area contributed by atoms with Crippen LogP contribution in [0.3, 0.4) is 0 Å². The molecule has 0 heterocycles. The summed E-state index contributed by atoms with van der Waals surface area (Å²) in [5, 5.41) is 0. The molecule has 1 unspecified atom stereocenters. The van der Waals surface area contributed by atoms with Crippen LogP contribution in [0.5, 0.6) is 0 Å². The topological polar surface area (TPSA) is 52.6 Å². The molecular weight excluding hydrogens is 316 g/mol. The van der Waals surface area contributed by atoms with Crippen molar-refractivity contribution >= 4 is 11.9 Å². The molecule has 0 amide bonds. The molecule has 0 spiro atoms. The summed E-state index contributed by atoms with van der Waals surface area (Å²) >= 11 is 0. The number of unbranched alkanes of at least 4 members (excludes halogenated alkanes) is 8. The van der Waals surface area contributed by atoms with E-state index >= 15 is 0 Å². The molecule has 0 fully saturated rings. The molecule has 0 rings (SSSR count). The zero-order chi connectivity index (χ0) is 18.8. The van der Waals surface area contributed by atoms with Crippen LogP contribution in [-0.4, -0.2) is 24.6 Å². The molecule has 0 saturated carbocycles. The van der Waals surface area contributed by atoms with Crippen molar-refractivity contribution in [1.29, 1.82) is 0 Å². The van der Waals surface area contributed by atoms with Gasteiger partial charge in [0, 0.05) is 19.3 Å². The molecule has 0 aromatic heterocycles. The SMILES string of the molecule is C=CCC(C)OC(=O)CCCCC(=O)OCCCCCCCCCC. The van der Waals surface area contributed by atoms with E-state index in [1.54, 1.807) is 6.08 Å². The fourth-order valence-electron chi connectivity index (χ4n) is 2.60. The fraction of sp³-hybridized carbons (Fsp3) is 0.810. The van der Waals surface area contributed by atoms with Crippen molar-refractivity contribution < 1.29 is 19.1 Å². The van der Waals surface area contributed by atoms with Crippen molar-refractivity contribution in [2.75, 3.05) is 6.61 Å². The van der Waals surface area contributed by atoms with Crippen LogP contribution in [0, 0.1) is 0 Å². The highest BCUT2D eigenvalue weighted by atomic mass is 16.5. The van der Waals surface area contributed by atoms with Gasteiger partial charge in [-0.2, -0.15) is 0 Å². The van der Waals surface area contributed by atoms with E-state index in [9.17, 15) is 9.59 Å². The lowest BCUT2D eigenvalue weighted by atomic mass is 10.1. The largest absolute Gasteiger partial charge is 0.466 e. The first-order valence-corrected chi connectivity index (χ1v) is 10.1. The Balaban J connectivity index is 3.38. The minimum atomic E-state index is -0.207. The van der Waals surface area contributed by atoms with Crippen molar-refractivity contribution in [3.8, 4) is 0 Å². The van der Waals surface area contributed by atoms with Crippen LogP contribution in [-0.2, 0) is 19.1 Å². The first kappa shape index (κ1) is 23.7. The summed E-state index contributed by atoms with van der Waals surface area (Å²) in [6.07, 6.45) is 14.2. The Labute approximate surface area is 154 Å². The van der Waals surface area contributed by atoms with E-state index in [1.165, 1.54) is 38.5 Å². The van der Waals surface area contributed by atoms with E-state index in [4.69, 9.17) is 9.47 Å². The lowest BCUT2D eigenvalue weighted by Crippen LogP contribution is -2.14. The molecule has 25 heavy (non-hydrogen) atoms. The van der Waals surface area contributed by atoms with Gasteiger partial charge in [0.25, 0.3) is 0 Å². The van der Waals surface area contributed by atoms with Crippen LogP contribution in [0.2, 0.25) is 0 Å². The third kappa shape index (κ3) is 17.3. The second-order valence-corrected chi connectivity index (χ2v) is 6.73. The lowest BCUT2D eigenvalue weighted by molar-refractivity contribution is -0.149. The zero-order valence-corrected chi connectivity index (χ0v) is 16.4. The Morgan fingerprint density at radius 1 is 0.880 bits per heavy atom. The molecule has 4 heteroatoms. The second kappa shape index (κ2) is 17.5. The van der Waals surface area contributed by atoms with Gasteiger partial charge in [0.05, 0.1) is 6.61 Å². The number of carbonyl (C=O) groups is 2. The van der Waals surface area contributed by atoms with E-state index in [0.29, 0.717) is 38.7 Å². The maximum atomic E-state index is 11.6. The smallest absolute Gasteiger partial charge is 0.306 e. The third-order valence-electron chi connectivity index (χ3n) is 4.10.